The molecule has 1 atom stereocenters. The molecule has 1 aromatic carbocycles. The highest BCUT2D eigenvalue weighted by Gasteiger charge is 2.14. The van der Waals surface area contributed by atoms with Crippen LogP contribution >= 0.6 is 11.3 Å². The predicted octanol–water partition coefficient (Wildman–Crippen LogP) is 4.50. The number of hydrogen-bond acceptors (Lipinski definition) is 2. The molecule has 0 radical (unpaired) electrons. The molecule has 0 fully saturated rings. The van der Waals surface area contributed by atoms with Gasteiger partial charge in [-0.1, -0.05) is 6.92 Å². The van der Waals surface area contributed by atoms with Gasteiger partial charge >= 0.3 is 0 Å². The lowest BCUT2D eigenvalue weighted by Gasteiger charge is -2.09. The van der Waals surface area contributed by atoms with E-state index in [-0.39, 0.29) is 6.04 Å². The van der Waals surface area contributed by atoms with Gasteiger partial charge in [-0.3, -0.25) is 0 Å². The van der Waals surface area contributed by atoms with Crippen LogP contribution in [0.1, 0.15) is 24.8 Å². The molecule has 102 valence electrons. The van der Waals surface area contributed by atoms with Crippen LogP contribution in [-0.4, -0.2) is 6.54 Å². The van der Waals surface area contributed by atoms with E-state index in [1.807, 2.05) is 19.9 Å². The molecule has 0 aliphatic rings. The molecule has 0 saturated carbocycles. The van der Waals surface area contributed by atoms with Crippen molar-refractivity contribution in [2.24, 2.45) is 0 Å². The van der Waals surface area contributed by atoms with Gasteiger partial charge in [0.15, 0.2) is 17.5 Å². The van der Waals surface area contributed by atoms with Gasteiger partial charge in [0.05, 0.1) is 0 Å². The second-order valence-electron chi connectivity index (χ2n) is 4.24. The Morgan fingerprint density at radius 1 is 1.16 bits per heavy atom. The minimum Gasteiger partial charge on any atom is -0.310 e. The van der Waals surface area contributed by atoms with Crippen molar-refractivity contribution in [1.29, 1.82) is 0 Å². The van der Waals surface area contributed by atoms with Gasteiger partial charge in [0.25, 0.3) is 0 Å². The molecule has 0 aliphatic carbocycles. The van der Waals surface area contributed by atoms with Gasteiger partial charge in [-0.25, -0.2) is 13.2 Å². The molecule has 0 amide bonds. The van der Waals surface area contributed by atoms with Gasteiger partial charge in [0, 0.05) is 15.8 Å². The summed E-state index contributed by atoms with van der Waals surface area (Å²) in [5.41, 5.74) is 0.358. The second-order valence-corrected chi connectivity index (χ2v) is 5.35. The SMILES string of the molecule is CCNC(C)c1ccc(-c2cc(F)c(F)c(F)c2)s1. The minimum atomic E-state index is -1.43. The highest BCUT2D eigenvalue weighted by Crippen LogP contribution is 2.32. The summed E-state index contributed by atoms with van der Waals surface area (Å²) >= 11 is 1.44. The Balaban J connectivity index is 2.33. The topological polar surface area (TPSA) is 12.0 Å². The highest BCUT2D eigenvalue weighted by molar-refractivity contribution is 7.15. The van der Waals surface area contributed by atoms with Crippen molar-refractivity contribution in [2.45, 2.75) is 19.9 Å². The molecule has 0 spiro atoms. The first-order valence-electron chi connectivity index (χ1n) is 6.01. The third-order valence-corrected chi connectivity index (χ3v) is 4.15. The standard InChI is InChI=1S/C14H14F3NS/c1-3-18-8(2)12-4-5-13(19-12)9-6-10(15)14(17)11(16)7-9/h4-8,18H,3H2,1-2H3. The number of thiophene rings is 1. The van der Waals surface area contributed by atoms with Crippen LogP contribution in [0.3, 0.4) is 0 Å². The van der Waals surface area contributed by atoms with Crippen molar-refractivity contribution in [2.75, 3.05) is 6.54 Å². The van der Waals surface area contributed by atoms with Gasteiger partial charge in [-0.2, -0.15) is 0 Å². The smallest absolute Gasteiger partial charge is 0.194 e. The van der Waals surface area contributed by atoms with Gasteiger partial charge in [0.2, 0.25) is 0 Å². The Kier molecular flexibility index (Phi) is 4.27. The lowest BCUT2D eigenvalue weighted by atomic mass is 10.1. The fourth-order valence-electron chi connectivity index (χ4n) is 1.85. The Morgan fingerprint density at radius 2 is 1.79 bits per heavy atom. The molecule has 0 aliphatic heterocycles. The largest absolute Gasteiger partial charge is 0.310 e. The van der Waals surface area contributed by atoms with E-state index in [4.69, 9.17) is 0 Å². The molecular formula is C14H14F3NS. The summed E-state index contributed by atoms with van der Waals surface area (Å²) in [6, 6.07) is 5.92. The summed E-state index contributed by atoms with van der Waals surface area (Å²) in [6.07, 6.45) is 0. The summed E-state index contributed by atoms with van der Waals surface area (Å²) in [4.78, 5) is 1.79. The van der Waals surface area contributed by atoms with E-state index in [1.54, 1.807) is 6.07 Å². The predicted molar refractivity (Wildman–Crippen MR) is 71.7 cm³/mol. The van der Waals surface area contributed by atoms with Gasteiger partial charge in [-0.05, 0) is 43.3 Å². The average molecular weight is 285 g/mol. The van der Waals surface area contributed by atoms with Crippen LogP contribution in [0, 0.1) is 17.5 Å². The van der Waals surface area contributed by atoms with Crippen molar-refractivity contribution in [3.63, 3.8) is 0 Å². The van der Waals surface area contributed by atoms with E-state index in [9.17, 15) is 13.2 Å². The van der Waals surface area contributed by atoms with E-state index in [1.165, 1.54) is 11.3 Å². The van der Waals surface area contributed by atoms with E-state index in [0.717, 1.165) is 28.4 Å². The molecule has 1 heterocycles. The molecule has 5 heteroatoms. The first kappa shape index (κ1) is 14.1. The minimum absolute atomic E-state index is 0.180. The van der Waals surface area contributed by atoms with Crippen LogP contribution in [0.25, 0.3) is 10.4 Å². The Morgan fingerprint density at radius 3 is 2.37 bits per heavy atom. The van der Waals surface area contributed by atoms with Gasteiger partial charge in [0.1, 0.15) is 0 Å². The second kappa shape index (κ2) is 5.75. The Hall–Kier alpha value is -1.33. The van der Waals surface area contributed by atoms with Gasteiger partial charge < -0.3 is 5.32 Å². The molecule has 1 N–H and O–H groups in total. The zero-order valence-corrected chi connectivity index (χ0v) is 11.5. The van der Waals surface area contributed by atoms with Crippen LogP contribution in [0.5, 0.6) is 0 Å². The summed E-state index contributed by atoms with van der Waals surface area (Å²) in [5.74, 6) is -3.75. The number of nitrogens with one attached hydrogen (secondary N) is 1. The monoisotopic (exact) mass is 285 g/mol. The zero-order chi connectivity index (χ0) is 14.0. The van der Waals surface area contributed by atoms with Crippen LogP contribution in [-0.2, 0) is 0 Å². The number of hydrogen-bond donors (Lipinski definition) is 1. The molecule has 1 unspecified atom stereocenters. The van der Waals surface area contributed by atoms with Crippen LogP contribution in [0.15, 0.2) is 24.3 Å². The molecule has 2 aromatic rings. The van der Waals surface area contributed by atoms with Crippen molar-refractivity contribution in [1.82, 2.24) is 5.32 Å². The first-order chi connectivity index (χ1) is 9.02. The maximum absolute atomic E-state index is 13.2. The normalized spacial score (nSPS) is 12.7. The van der Waals surface area contributed by atoms with Crippen molar-refractivity contribution < 1.29 is 13.2 Å². The van der Waals surface area contributed by atoms with E-state index >= 15 is 0 Å². The van der Waals surface area contributed by atoms with E-state index in [2.05, 4.69) is 5.32 Å². The fraction of sp³-hybridized carbons (Fsp3) is 0.286. The third-order valence-electron chi connectivity index (χ3n) is 2.83. The quantitative estimate of drug-likeness (QED) is 0.815. The molecule has 0 bridgehead atoms. The molecule has 0 saturated heterocycles. The highest BCUT2D eigenvalue weighted by atomic mass is 32.1. The van der Waals surface area contributed by atoms with E-state index < -0.39 is 17.5 Å². The summed E-state index contributed by atoms with van der Waals surface area (Å²) in [6.45, 7) is 4.87. The molecule has 2 rings (SSSR count). The fourth-order valence-corrected chi connectivity index (χ4v) is 2.87. The summed E-state index contributed by atoms with van der Waals surface area (Å²) in [5, 5.41) is 3.26. The molecule has 1 aromatic heterocycles. The van der Waals surface area contributed by atoms with Crippen LogP contribution in [0.2, 0.25) is 0 Å². The van der Waals surface area contributed by atoms with Crippen LogP contribution in [0.4, 0.5) is 13.2 Å². The molecule has 1 nitrogen and oxygen atoms in total. The summed E-state index contributed by atoms with van der Waals surface area (Å²) in [7, 11) is 0. The van der Waals surface area contributed by atoms with Crippen LogP contribution < -0.4 is 5.32 Å². The Bertz CT molecular complexity index is 557. The Labute approximate surface area is 114 Å². The van der Waals surface area contributed by atoms with Crippen molar-refractivity contribution in [3.8, 4) is 10.4 Å². The number of rotatable bonds is 4. The van der Waals surface area contributed by atoms with Gasteiger partial charge in [-0.15, -0.1) is 11.3 Å². The number of halogens is 3. The summed E-state index contributed by atoms with van der Waals surface area (Å²) < 4.78 is 39.3. The molecular weight excluding hydrogens is 271 g/mol. The lowest BCUT2D eigenvalue weighted by molar-refractivity contribution is 0.448. The molecule has 19 heavy (non-hydrogen) atoms. The lowest BCUT2D eigenvalue weighted by Crippen LogP contribution is -2.16. The average Bonchev–Trinajstić information content (AvgIpc) is 2.85. The third kappa shape index (κ3) is 2.98. The van der Waals surface area contributed by atoms with E-state index in [0.29, 0.717) is 5.56 Å². The zero-order valence-electron chi connectivity index (χ0n) is 10.6. The maximum atomic E-state index is 13.2. The van der Waals surface area contributed by atoms with Crippen molar-refractivity contribution in [3.05, 3.63) is 46.6 Å². The number of benzene rings is 1. The first-order valence-corrected chi connectivity index (χ1v) is 6.82. The van der Waals surface area contributed by atoms with Crippen molar-refractivity contribution >= 4 is 11.3 Å². The maximum Gasteiger partial charge on any atom is 0.194 e.